The Morgan fingerprint density at radius 1 is 1.25 bits per heavy atom. The van der Waals surface area contributed by atoms with E-state index >= 15 is 0 Å². The molecule has 132 valence electrons. The lowest BCUT2D eigenvalue weighted by molar-refractivity contribution is 0.0160. The van der Waals surface area contributed by atoms with E-state index in [1.165, 1.54) is 12.4 Å². The maximum absolute atomic E-state index is 12.5. The highest BCUT2D eigenvalue weighted by Crippen LogP contribution is 2.19. The molecule has 1 aliphatic rings. The second-order valence-electron chi connectivity index (χ2n) is 6.86. The van der Waals surface area contributed by atoms with Crippen molar-refractivity contribution in [3.05, 3.63) is 23.2 Å². The van der Waals surface area contributed by atoms with Gasteiger partial charge in [0.25, 0.3) is 5.91 Å². The van der Waals surface area contributed by atoms with E-state index in [1.54, 1.807) is 16.8 Å². The van der Waals surface area contributed by atoms with Crippen molar-refractivity contribution in [2.75, 3.05) is 20.1 Å². The van der Waals surface area contributed by atoms with Crippen LogP contribution in [-0.2, 0) is 4.74 Å². The number of nitrogens with zero attached hydrogens (tertiary/aromatic N) is 4. The van der Waals surface area contributed by atoms with Gasteiger partial charge in [0.2, 0.25) is 5.28 Å². The molecule has 2 amide bonds. The van der Waals surface area contributed by atoms with Crippen molar-refractivity contribution < 1.29 is 14.3 Å². The summed E-state index contributed by atoms with van der Waals surface area (Å²) in [6.45, 7) is 6.66. The first-order valence-electron chi connectivity index (χ1n) is 7.90. The Bertz CT molecular complexity index is 592. The molecule has 1 fully saturated rings. The van der Waals surface area contributed by atoms with Crippen molar-refractivity contribution in [1.82, 2.24) is 19.8 Å². The lowest BCUT2D eigenvalue weighted by atomic mass is 10.0. The fourth-order valence-electron chi connectivity index (χ4n) is 2.55. The normalized spacial score (nSPS) is 16.0. The van der Waals surface area contributed by atoms with Crippen LogP contribution in [0.1, 0.15) is 44.0 Å². The summed E-state index contributed by atoms with van der Waals surface area (Å²) in [5.41, 5.74) is -0.105. The van der Waals surface area contributed by atoms with Crippen LogP contribution in [0, 0.1) is 0 Å². The smallest absolute Gasteiger partial charge is 0.410 e. The van der Waals surface area contributed by atoms with E-state index in [4.69, 9.17) is 16.3 Å². The van der Waals surface area contributed by atoms with Gasteiger partial charge < -0.3 is 14.5 Å². The van der Waals surface area contributed by atoms with Gasteiger partial charge in [-0.05, 0) is 45.2 Å². The van der Waals surface area contributed by atoms with E-state index < -0.39 is 5.60 Å². The number of rotatable bonds is 2. The molecule has 7 nitrogen and oxygen atoms in total. The molecule has 1 aromatic rings. The fourth-order valence-corrected chi connectivity index (χ4v) is 2.65. The molecule has 8 heteroatoms. The summed E-state index contributed by atoms with van der Waals surface area (Å²) in [6, 6.07) is 0.0619. The molecule has 0 unspecified atom stereocenters. The Hall–Kier alpha value is -1.89. The van der Waals surface area contributed by atoms with Gasteiger partial charge in [0.15, 0.2) is 0 Å². The molecule has 24 heavy (non-hydrogen) atoms. The van der Waals surface area contributed by atoms with Gasteiger partial charge in [-0.25, -0.2) is 14.8 Å². The second kappa shape index (κ2) is 7.34. The van der Waals surface area contributed by atoms with E-state index in [2.05, 4.69) is 9.97 Å². The van der Waals surface area contributed by atoms with Gasteiger partial charge in [-0.1, -0.05) is 0 Å². The van der Waals surface area contributed by atoms with Crippen LogP contribution in [0.2, 0.25) is 5.28 Å². The van der Waals surface area contributed by atoms with Crippen LogP contribution >= 0.6 is 11.6 Å². The van der Waals surface area contributed by atoms with Gasteiger partial charge in [-0.15, -0.1) is 0 Å². The third kappa shape index (κ3) is 4.80. The molecule has 0 atom stereocenters. The van der Waals surface area contributed by atoms with Crippen molar-refractivity contribution >= 4 is 23.6 Å². The number of likely N-dealkylation sites (tertiary alicyclic amines) is 1. The van der Waals surface area contributed by atoms with Crippen LogP contribution in [0.15, 0.2) is 12.4 Å². The predicted molar refractivity (Wildman–Crippen MR) is 90.0 cm³/mol. The Kier molecular flexibility index (Phi) is 5.64. The largest absolute Gasteiger partial charge is 0.444 e. The lowest BCUT2D eigenvalue weighted by Crippen LogP contribution is -2.48. The van der Waals surface area contributed by atoms with Gasteiger partial charge >= 0.3 is 6.09 Å². The summed E-state index contributed by atoms with van der Waals surface area (Å²) >= 11 is 5.64. The maximum atomic E-state index is 12.5. The Morgan fingerprint density at radius 3 is 2.29 bits per heavy atom. The summed E-state index contributed by atoms with van der Waals surface area (Å²) in [6.07, 6.45) is 3.95. The van der Waals surface area contributed by atoms with Crippen LogP contribution in [0.4, 0.5) is 4.79 Å². The first-order valence-corrected chi connectivity index (χ1v) is 8.28. The number of hydrogen-bond donors (Lipinski definition) is 0. The molecule has 0 bridgehead atoms. The summed E-state index contributed by atoms with van der Waals surface area (Å²) in [4.78, 5) is 35.6. The van der Waals surface area contributed by atoms with E-state index in [0.717, 1.165) is 0 Å². The highest BCUT2D eigenvalue weighted by Gasteiger charge is 2.30. The zero-order valence-corrected chi connectivity index (χ0v) is 15.2. The molecule has 0 saturated carbocycles. The van der Waals surface area contributed by atoms with Crippen LogP contribution in [0.5, 0.6) is 0 Å². The minimum Gasteiger partial charge on any atom is -0.444 e. The van der Waals surface area contributed by atoms with Gasteiger partial charge in [0, 0.05) is 38.6 Å². The minimum absolute atomic E-state index is 0.0619. The van der Waals surface area contributed by atoms with Crippen LogP contribution in [0.3, 0.4) is 0 Å². The van der Waals surface area contributed by atoms with Crippen molar-refractivity contribution in [2.24, 2.45) is 0 Å². The summed E-state index contributed by atoms with van der Waals surface area (Å²) < 4.78 is 5.38. The Labute approximate surface area is 147 Å². The minimum atomic E-state index is -0.505. The number of ether oxygens (including phenoxy) is 1. The number of hydrogen-bond acceptors (Lipinski definition) is 5. The zero-order valence-electron chi connectivity index (χ0n) is 14.5. The summed E-state index contributed by atoms with van der Waals surface area (Å²) in [5.74, 6) is -0.151. The first-order chi connectivity index (χ1) is 11.2. The molecule has 0 spiro atoms. The van der Waals surface area contributed by atoms with Crippen molar-refractivity contribution in [2.45, 2.75) is 45.3 Å². The summed E-state index contributed by atoms with van der Waals surface area (Å²) in [7, 11) is 1.75. The number of aromatic nitrogens is 2. The van der Waals surface area contributed by atoms with Crippen LogP contribution in [0.25, 0.3) is 0 Å². The van der Waals surface area contributed by atoms with Crippen molar-refractivity contribution in [1.29, 1.82) is 0 Å². The van der Waals surface area contributed by atoms with E-state index in [0.29, 0.717) is 31.5 Å². The molecular weight excluding hydrogens is 332 g/mol. The average Bonchev–Trinajstić information content (AvgIpc) is 2.53. The second-order valence-corrected chi connectivity index (χ2v) is 7.19. The first kappa shape index (κ1) is 18.4. The van der Waals surface area contributed by atoms with Gasteiger partial charge in [-0.3, -0.25) is 4.79 Å². The number of amides is 2. The highest BCUT2D eigenvalue weighted by molar-refractivity contribution is 6.28. The third-order valence-electron chi connectivity index (χ3n) is 3.85. The van der Waals surface area contributed by atoms with Gasteiger partial charge in [-0.2, -0.15) is 0 Å². The SMILES string of the molecule is CN(C(=O)c1cnc(Cl)nc1)C1CCN(C(=O)OC(C)(C)C)CC1. The molecule has 0 aromatic carbocycles. The average molecular weight is 355 g/mol. The number of carbonyl (C=O) groups excluding carboxylic acids is 2. The van der Waals surface area contributed by atoms with Crippen molar-refractivity contribution in [3.8, 4) is 0 Å². The third-order valence-corrected chi connectivity index (χ3v) is 4.05. The number of carbonyl (C=O) groups is 2. The number of halogens is 1. The molecular formula is C16H23ClN4O3. The Balaban J connectivity index is 1.90. The maximum Gasteiger partial charge on any atom is 0.410 e. The van der Waals surface area contributed by atoms with Gasteiger partial charge in [0.1, 0.15) is 5.60 Å². The van der Waals surface area contributed by atoms with E-state index in [1.807, 2.05) is 20.8 Å². The molecule has 1 aliphatic heterocycles. The molecule has 0 aliphatic carbocycles. The fraction of sp³-hybridized carbons (Fsp3) is 0.625. The topological polar surface area (TPSA) is 75.6 Å². The molecule has 1 aromatic heterocycles. The number of piperidine rings is 1. The Morgan fingerprint density at radius 2 is 1.79 bits per heavy atom. The standard InChI is InChI=1S/C16H23ClN4O3/c1-16(2,3)24-15(23)21-7-5-12(6-8-21)20(4)13(22)11-9-18-14(17)19-10-11/h9-10,12H,5-8H2,1-4H3. The van der Waals surface area contributed by atoms with Crippen LogP contribution < -0.4 is 0 Å². The molecule has 2 heterocycles. The molecule has 0 N–H and O–H groups in total. The highest BCUT2D eigenvalue weighted by atomic mass is 35.5. The quantitative estimate of drug-likeness (QED) is 0.763. The van der Waals surface area contributed by atoms with Crippen LogP contribution in [-0.4, -0.2) is 63.5 Å². The summed E-state index contributed by atoms with van der Waals surface area (Å²) in [5, 5.41) is 0.111. The lowest BCUT2D eigenvalue weighted by Gasteiger charge is -2.37. The van der Waals surface area contributed by atoms with Crippen molar-refractivity contribution in [3.63, 3.8) is 0 Å². The zero-order chi connectivity index (χ0) is 17.9. The predicted octanol–water partition coefficient (Wildman–Crippen LogP) is 2.60. The molecule has 1 saturated heterocycles. The van der Waals surface area contributed by atoms with E-state index in [-0.39, 0.29) is 23.3 Å². The van der Waals surface area contributed by atoms with E-state index in [9.17, 15) is 9.59 Å². The van der Waals surface area contributed by atoms with Gasteiger partial charge in [0.05, 0.1) is 5.56 Å². The molecule has 2 rings (SSSR count). The monoisotopic (exact) mass is 354 g/mol. The molecule has 0 radical (unpaired) electrons.